The number of unbranched alkanes of at least 4 members (excludes halogenated alkanes) is 10. The molecular formula is C44H68N4O6. The third-order valence-corrected chi connectivity index (χ3v) is 9.92. The number of carbonyl (C=O) groups excluding carboxylic acids is 4. The maximum atomic E-state index is 12.5. The van der Waals surface area contributed by atoms with Crippen molar-refractivity contribution in [2.24, 2.45) is 0 Å². The van der Waals surface area contributed by atoms with E-state index in [-0.39, 0.29) is 23.8 Å². The lowest BCUT2D eigenvalue weighted by Crippen LogP contribution is -2.47. The molecule has 1 fully saturated rings. The number of piperazine rings is 1. The second-order valence-corrected chi connectivity index (χ2v) is 14.7. The third kappa shape index (κ3) is 20.6. The summed E-state index contributed by atoms with van der Waals surface area (Å²) >= 11 is 0. The van der Waals surface area contributed by atoms with Crippen molar-refractivity contribution in [1.29, 1.82) is 0 Å². The van der Waals surface area contributed by atoms with Crippen molar-refractivity contribution >= 4 is 23.8 Å². The second kappa shape index (κ2) is 27.8. The first kappa shape index (κ1) is 44.6. The number of rotatable bonds is 28. The number of hydrogen-bond acceptors (Lipinski definition) is 8. The zero-order valence-corrected chi connectivity index (χ0v) is 33.3. The van der Waals surface area contributed by atoms with E-state index in [1.165, 1.54) is 51.4 Å². The molecule has 2 aromatic carbocycles. The molecule has 0 saturated carbocycles. The minimum atomic E-state index is -0.200. The van der Waals surface area contributed by atoms with E-state index in [9.17, 15) is 19.2 Å². The second-order valence-electron chi connectivity index (χ2n) is 14.7. The first-order valence-corrected chi connectivity index (χ1v) is 20.9. The molecule has 2 aromatic rings. The number of nitrogens with zero attached hydrogens (tertiary/aromatic N) is 2. The minimum Gasteiger partial charge on any atom is -0.427 e. The fourth-order valence-electron chi connectivity index (χ4n) is 6.61. The van der Waals surface area contributed by atoms with E-state index in [1.54, 1.807) is 24.3 Å². The van der Waals surface area contributed by atoms with Gasteiger partial charge in [0.05, 0.1) is 12.8 Å². The summed E-state index contributed by atoms with van der Waals surface area (Å²) in [5.74, 6) is 0.639. The highest BCUT2D eigenvalue weighted by molar-refractivity contribution is 5.79. The summed E-state index contributed by atoms with van der Waals surface area (Å²) in [6, 6.07) is 14.4. The summed E-state index contributed by atoms with van der Waals surface area (Å²) in [6.45, 7) is 11.6. The molecule has 0 bridgehead atoms. The van der Waals surface area contributed by atoms with Crippen LogP contribution in [0.25, 0.3) is 0 Å². The van der Waals surface area contributed by atoms with Crippen molar-refractivity contribution < 1.29 is 28.7 Å². The van der Waals surface area contributed by atoms with Gasteiger partial charge < -0.3 is 29.9 Å². The highest BCUT2D eigenvalue weighted by Crippen LogP contribution is 2.16. The Morgan fingerprint density at radius 2 is 0.852 bits per heavy atom. The Morgan fingerprint density at radius 3 is 1.22 bits per heavy atom. The van der Waals surface area contributed by atoms with Gasteiger partial charge in [-0.1, -0.05) is 102 Å². The molecule has 3 rings (SSSR count). The minimum absolute atomic E-state index is 0.00531. The average molecular weight is 749 g/mol. The summed E-state index contributed by atoms with van der Waals surface area (Å²) in [5.41, 5.74) is 1.78. The zero-order valence-electron chi connectivity index (χ0n) is 33.3. The molecule has 1 heterocycles. The van der Waals surface area contributed by atoms with Crippen LogP contribution in [0.5, 0.6) is 11.5 Å². The molecule has 0 aromatic heterocycles. The smallest absolute Gasteiger partial charge is 0.311 e. The van der Waals surface area contributed by atoms with Crippen molar-refractivity contribution in [2.75, 3.05) is 52.4 Å². The molecule has 2 amide bonds. The van der Waals surface area contributed by atoms with E-state index >= 15 is 0 Å². The van der Waals surface area contributed by atoms with Crippen LogP contribution in [0, 0.1) is 0 Å². The van der Waals surface area contributed by atoms with Crippen LogP contribution in [0.2, 0.25) is 0 Å². The molecule has 0 unspecified atom stereocenters. The van der Waals surface area contributed by atoms with E-state index < -0.39 is 0 Å². The quantitative estimate of drug-likeness (QED) is 0.0525. The van der Waals surface area contributed by atoms with Gasteiger partial charge in [-0.3, -0.25) is 19.2 Å². The third-order valence-electron chi connectivity index (χ3n) is 9.92. The number of hydrogen-bond donors (Lipinski definition) is 2. The summed E-state index contributed by atoms with van der Waals surface area (Å²) in [5, 5.41) is 6.07. The molecule has 0 radical (unpaired) electrons. The van der Waals surface area contributed by atoms with Gasteiger partial charge in [0.15, 0.2) is 0 Å². The predicted molar refractivity (Wildman–Crippen MR) is 216 cm³/mol. The number of amides is 2. The lowest BCUT2D eigenvalue weighted by Gasteiger charge is -2.34. The van der Waals surface area contributed by atoms with E-state index in [1.807, 2.05) is 24.3 Å². The van der Waals surface area contributed by atoms with Gasteiger partial charge in [-0.2, -0.15) is 0 Å². The van der Waals surface area contributed by atoms with E-state index in [4.69, 9.17) is 9.47 Å². The Morgan fingerprint density at radius 1 is 0.500 bits per heavy atom. The molecule has 1 aliphatic rings. The number of carbonyl (C=O) groups is 4. The molecule has 0 aliphatic carbocycles. The van der Waals surface area contributed by atoms with Crippen LogP contribution in [-0.2, 0) is 32.0 Å². The van der Waals surface area contributed by atoms with Crippen molar-refractivity contribution in [3.8, 4) is 11.5 Å². The van der Waals surface area contributed by atoms with E-state index in [0.29, 0.717) is 50.3 Å². The summed E-state index contributed by atoms with van der Waals surface area (Å²) in [7, 11) is 0. The molecule has 0 atom stereocenters. The van der Waals surface area contributed by atoms with Crippen LogP contribution in [0.15, 0.2) is 48.5 Å². The van der Waals surface area contributed by atoms with Crippen molar-refractivity contribution in [3.05, 3.63) is 59.7 Å². The van der Waals surface area contributed by atoms with Gasteiger partial charge in [0, 0.05) is 52.1 Å². The molecular weight excluding hydrogens is 681 g/mol. The fraction of sp³-hybridized carbons (Fsp3) is 0.636. The average Bonchev–Trinajstić information content (AvgIpc) is 3.17. The monoisotopic (exact) mass is 749 g/mol. The van der Waals surface area contributed by atoms with Crippen LogP contribution >= 0.6 is 0 Å². The van der Waals surface area contributed by atoms with Gasteiger partial charge in [-0.25, -0.2) is 0 Å². The maximum absolute atomic E-state index is 12.5. The van der Waals surface area contributed by atoms with E-state index in [2.05, 4.69) is 34.3 Å². The van der Waals surface area contributed by atoms with Gasteiger partial charge in [0.1, 0.15) is 11.5 Å². The molecule has 300 valence electrons. The highest BCUT2D eigenvalue weighted by atomic mass is 16.5. The number of nitrogens with one attached hydrogen (secondary N) is 2. The Balaban J connectivity index is 1.16. The maximum Gasteiger partial charge on any atom is 0.311 e. The summed E-state index contributed by atoms with van der Waals surface area (Å²) < 4.78 is 10.9. The fourth-order valence-corrected chi connectivity index (χ4v) is 6.61. The Labute approximate surface area is 325 Å². The largest absolute Gasteiger partial charge is 0.427 e. The number of ether oxygens (including phenoxy) is 2. The van der Waals surface area contributed by atoms with Crippen molar-refractivity contribution in [1.82, 2.24) is 20.4 Å². The lowest BCUT2D eigenvalue weighted by molar-refractivity contribution is -0.135. The standard InChI is InChI=1S/C44H68N4O6/c1-3-5-7-9-11-13-17-43(51)53-39-23-19-37(20-24-39)35-41(49)45-27-15-29-47-31-33-48(34-32-47)30-16-28-46-42(50)36-38-21-25-40(26-22-38)54-44(52)18-14-12-10-8-6-4-2/h19-26H,3-18,27-36H2,1-2H3,(H,45,49)(H,46,50). The molecule has 0 spiro atoms. The van der Waals surface area contributed by atoms with Gasteiger partial charge in [-0.05, 0) is 74.2 Å². The molecule has 2 N–H and O–H groups in total. The lowest BCUT2D eigenvalue weighted by atomic mass is 10.1. The summed E-state index contributed by atoms with van der Waals surface area (Å²) in [4.78, 5) is 54.1. The molecule has 10 nitrogen and oxygen atoms in total. The topological polar surface area (TPSA) is 117 Å². The van der Waals surface area contributed by atoms with Crippen LogP contribution in [0.3, 0.4) is 0 Å². The van der Waals surface area contributed by atoms with Crippen LogP contribution in [-0.4, -0.2) is 85.9 Å². The van der Waals surface area contributed by atoms with Gasteiger partial charge in [0.25, 0.3) is 0 Å². The molecule has 1 aliphatic heterocycles. The first-order chi connectivity index (χ1) is 26.3. The predicted octanol–water partition coefficient (Wildman–Crippen LogP) is 7.41. The van der Waals surface area contributed by atoms with Crippen LogP contribution in [0.4, 0.5) is 0 Å². The van der Waals surface area contributed by atoms with E-state index in [0.717, 1.165) is 88.9 Å². The molecule has 10 heteroatoms. The number of esters is 2. The van der Waals surface area contributed by atoms with Gasteiger partial charge in [0.2, 0.25) is 11.8 Å². The molecule has 54 heavy (non-hydrogen) atoms. The Kier molecular flexibility index (Phi) is 23.0. The van der Waals surface area contributed by atoms with Crippen molar-refractivity contribution in [3.63, 3.8) is 0 Å². The number of benzene rings is 2. The zero-order chi connectivity index (χ0) is 38.6. The summed E-state index contributed by atoms with van der Waals surface area (Å²) in [6.07, 6.45) is 16.9. The van der Waals surface area contributed by atoms with Crippen LogP contribution < -0.4 is 20.1 Å². The molecule has 1 saturated heterocycles. The Bertz CT molecular complexity index is 1240. The Hall–Kier alpha value is -3.76. The van der Waals surface area contributed by atoms with Crippen LogP contribution in [0.1, 0.15) is 128 Å². The SMILES string of the molecule is CCCCCCCCC(=O)Oc1ccc(CC(=O)NCCCN2CCN(CCCNC(=O)Cc3ccc(OC(=O)CCCCCCCC)cc3)CC2)cc1. The highest BCUT2D eigenvalue weighted by Gasteiger charge is 2.16. The van der Waals surface area contributed by atoms with Gasteiger partial charge >= 0.3 is 11.9 Å². The normalized spacial score (nSPS) is 13.4. The van der Waals surface area contributed by atoms with Gasteiger partial charge in [-0.15, -0.1) is 0 Å². The van der Waals surface area contributed by atoms with Crippen molar-refractivity contribution in [2.45, 2.75) is 129 Å². The first-order valence-electron chi connectivity index (χ1n) is 20.9.